The van der Waals surface area contributed by atoms with Gasteiger partial charge in [0.2, 0.25) is 0 Å². The number of allylic oxidation sites excluding steroid dienone is 1. The normalized spacial score (nSPS) is 14.8. The van der Waals surface area contributed by atoms with Gasteiger partial charge in [-0.1, -0.05) is 36.1 Å². The summed E-state index contributed by atoms with van der Waals surface area (Å²) in [5, 5.41) is 17.9. The monoisotopic (exact) mass is 446 g/mol. The average Bonchev–Trinajstić information content (AvgIpc) is 3.68. The van der Waals surface area contributed by atoms with Crippen molar-refractivity contribution < 1.29 is 14.8 Å². The molecule has 0 saturated heterocycles. The maximum atomic E-state index is 12.5. The number of rotatable bonds is 9. The average molecular weight is 447 g/mol. The quantitative estimate of drug-likeness (QED) is 0.231. The highest BCUT2D eigenvalue weighted by atomic mass is 16.5. The van der Waals surface area contributed by atoms with Gasteiger partial charge in [-0.3, -0.25) is 14.8 Å². The van der Waals surface area contributed by atoms with Crippen LogP contribution in [0, 0.1) is 11.8 Å². The fourth-order valence-electron chi connectivity index (χ4n) is 3.14. The van der Waals surface area contributed by atoms with Gasteiger partial charge >= 0.3 is 0 Å². The van der Waals surface area contributed by atoms with Crippen LogP contribution < -0.4 is 21.4 Å². The number of carbonyl (C=O) groups is 2. The van der Waals surface area contributed by atoms with E-state index in [0.717, 1.165) is 17.7 Å². The number of hydrogen-bond donors (Lipinski definition) is 5. The summed E-state index contributed by atoms with van der Waals surface area (Å²) in [6.45, 7) is 2.63. The van der Waals surface area contributed by atoms with Crippen LogP contribution in [0.1, 0.15) is 46.8 Å². The molecule has 1 fully saturated rings. The number of nitrogens with one attached hydrogen (secondary N) is 4. The molecule has 1 aliphatic carbocycles. The van der Waals surface area contributed by atoms with Crippen LogP contribution >= 0.6 is 0 Å². The first-order valence-corrected chi connectivity index (χ1v) is 11.0. The Morgan fingerprint density at radius 3 is 2.42 bits per heavy atom. The largest absolute Gasteiger partial charge is 0.339 e. The fourth-order valence-corrected chi connectivity index (χ4v) is 3.14. The van der Waals surface area contributed by atoms with Gasteiger partial charge in [-0.05, 0) is 74.4 Å². The summed E-state index contributed by atoms with van der Waals surface area (Å²) in [6.07, 6.45) is 6.21. The van der Waals surface area contributed by atoms with Crippen molar-refractivity contribution in [2.75, 3.05) is 7.05 Å². The lowest BCUT2D eigenvalue weighted by molar-refractivity contribution is -0.131. The van der Waals surface area contributed by atoms with Gasteiger partial charge in [0.1, 0.15) is 6.04 Å². The zero-order chi connectivity index (χ0) is 23.6. The molecule has 3 rings (SSSR count). The molecule has 2 amide bonds. The Morgan fingerprint density at radius 2 is 1.82 bits per heavy atom. The van der Waals surface area contributed by atoms with Crippen LogP contribution in [-0.2, 0) is 11.3 Å². The lowest BCUT2D eigenvalue weighted by Gasteiger charge is -2.22. The van der Waals surface area contributed by atoms with Crippen molar-refractivity contribution in [1.29, 1.82) is 0 Å². The molecule has 1 aliphatic rings. The van der Waals surface area contributed by atoms with E-state index >= 15 is 0 Å². The van der Waals surface area contributed by atoms with Crippen molar-refractivity contribution in [1.82, 2.24) is 21.4 Å². The molecule has 7 nitrogen and oxygen atoms in total. The summed E-state index contributed by atoms with van der Waals surface area (Å²) >= 11 is 0. The van der Waals surface area contributed by atoms with E-state index in [9.17, 15) is 9.59 Å². The lowest BCUT2D eigenvalue weighted by Crippen LogP contribution is -2.55. The van der Waals surface area contributed by atoms with E-state index in [4.69, 9.17) is 5.21 Å². The third-order valence-corrected chi connectivity index (χ3v) is 5.51. The van der Waals surface area contributed by atoms with Gasteiger partial charge in [0.15, 0.2) is 0 Å². The minimum Gasteiger partial charge on any atom is -0.339 e. The molecule has 0 aliphatic heterocycles. The van der Waals surface area contributed by atoms with Crippen molar-refractivity contribution in [2.24, 2.45) is 0 Å². The number of hydroxylamine groups is 1. The van der Waals surface area contributed by atoms with Gasteiger partial charge in [-0.15, -0.1) is 0 Å². The summed E-state index contributed by atoms with van der Waals surface area (Å²) in [4.78, 5) is 24.3. The highest BCUT2D eigenvalue weighted by molar-refractivity contribution is 5.97. The second-order valence-corrected chi connectivity index (χ2v) is 8.08. The molecular weight excluding hydrogens is 416 g/mol. The molecule has 5 N–H and O–H groups in total. The highest BCUT2D eigenvalue weighted by Gasteiger charge is 2.26. The molecule has 1 saturated carbocycles. The molecule has 172 valence electrons. The fraction of sp³-hybridized carbons (Fsp3) is 0.308. The molecule has 7 heteroatoms. The first-order valence-electron chi connectivity index (χ1n) is 11.0. The molecule has 0 bridgehead atoms. The Hall–Kier alpha value is -3.44. The van der Waals surface area contributed by atoms with Gasteiger partial charge in [0.25, 0.3) is 11.8 Å². The van der Waals surface area contributed by atoms with E-state index in [1.807, 2.05) is 18.2 Å². The van der Waals surface area contributed by atoms with Gasteiger partial charge in [0.05, 0.1) is 0 Å². The van der Waals surface area contributed by atoms with Crippen LogP contribution in [0.2, 0.25) is 0 Å². The van der Waals surface area contributed by atoms with Crippen LogP contribution in [0.4, 0.5) is 0 Å². The summed E-state index contributed by atoms with van der Waals surface area (Å²) in [5.74, 6) is 5.05. The molecule has 0 spiro atoms. The third-order valence-electron chi connectivity index (χ3n) is 5.51. The number of benzene rings is 2. The van der Waals surface area contributed by atoms with E-state index < -0.39 is 17.9 Å². The minimum atomic E-state index is -0.911. The van der Waals surface area contributed by atoms with Crippen LogP contribution in [-0.4, -0.2) is 42.2 Å². The molecule has 2 aromatic carbocycles. The first-order chi connectivity index (χ1) is 16.0. The second-order valence-electron chi connectivity index (χ2n) is 8.08. The van der Waals surface area contributed by atoms with Crippen molar-refractivity contribution in [3.63, 3.8) is 0 Å². The maximum absolute atomic E-state index is 12.5. The van der Waals surface area contributed by atoms with E-state index in [1.54, 1.807) is 49.8 Å². The van der Waals surface area contributed by atoms with Crippen molar-refractivity contribution in [3.05, 3.63) is 76.9 Å². The van der Waals surface area contributed by atoms with Crippen molar-refractivity contribution in [2.45, 2.75) is 44.4 Å². The third kappa shape index (κ3) is 7.58. The Kier molecular flexibility index (Phi) is 8.79. The van der Waals surface area contributed by atoms with Crippen LogP contribution in [0.25, 0.3) is 6.08 Å². The molecule has 2 unspecified atom stereocenters. The molecule has 0 aromatic heterocycles. The van der Waals surface area contributed by atoms with Crippen LogP contribution in [0.3, 0.4) is 0 Å². The molecule has 0 radical (unpaired) electrons. The molecule has 2 aromatic rings. The van der Waals surface area contributed by atoms with E-state index in [1.165, 1.54) is 18.4 Å². The predicted octanol–water partition coefficient (Wildman–Crippen LogP) is 2.22. The van der Waals surface area contributed by atoms with Gasteiger partial charge in [0, 0.05) is 29.8 Å². The van der Waals surface area contributed by atoms with Crippen LogP contribution in [0.15, 0.2) is 54.6 Å². The van der Waals surface area contributed by atoms with E-state index in [2.05, 4.69) is 39.9 Å². The summed E-state index contributed by atoms with van der Waals surface area (Å²) < 4.78 is 0. The second kappa shape index (κ2) is 12.0. The summed E-state index contributed by atoms with van der Waals surface area (Å²) in [6, 6.07) is 14.6. The van der Waals surface area contributed by atoms with E-state index in [-0.39, 0.29) is 6.04 Å². The first kappa shape index (κ1) is 24.2. The standard InChI is InChI=1S/C26H30N4O3/c1-18(27-2)24(26(32)30-33)29-25(31)22-13-11-20(12-14-22)6-4-3-5-19-7-9-21(10-8-19)17-28-23-15-16-23/h4,6-14,18,23-24,27-28,33H,15-17H2,1-2H3,(H,29,31)(H,30,32)/b6-4+. The van der Waals surface area contributed by atoms with Gasteiger partial charge in [-0.25, -0.2) is 5.48 Å². The Bertz CT molecular complexity index is 1030. The topological polar surface area (TPSA) is 102 Å². The summed E-state index contributed by atoms with van der Waals surface area (Å²) in [5.41, 5.74) is 5.11. The number of amides is 2. The zero-order valence-electron chi connectivity index (χ0n) is 18.9. The molecule has 0 heterocycles. The van der Waals surface area contributed by atoms with Gasteiger partial charge < -0.3 is 16.0 Å². The number of likely N-dealkylation sites (N-methyl/N-ethyl adjacent to an activating group) is 1. The molecule has 2 atom stereocenters. The molecule has 33 heavy (non-hydrogen) atoms. The smallest absolute Gasteiger partial charge is 0.267 e. The maximum Gasteiger partial charge on any atom is 0.267 e. The Morgan fingerprint density at radius 1 is 1.12 bits per heavy atom. The number of hydrogen-bond acceptors (Lipinski definition) is 5. The summed E-state index contributed by atoms with van der Waals surface area (Å²) in [7, 11) is 1.67. The van der Waals surface area contributed by atoms with Crippen molar-refractivity contribution >= 4 is 17.9 Å². The zero-order valence-corrected chi connectivity index (χ0v) is 18.9. The van der Waals surface area contributed by atoms with Crippen LogP contribution in [0.5, 0.6) is 0 Å². The lowest BCUT2D eigenvalue weighted by atomic mass is 10.1. The van der Waals surface area contributed by atoms with Crippen molar-refractivity contribution in [3.8, 4) is 11.8 Å². The Balaban J connectivity index is 1.53. The predicted molar refractivity (Wildman–Crippen MR) is 128 cm³/mol. The Labute approximate surface area is 194 Å². The molecular formula is C26H30N4O3. The SMILES string of the molecule is CNC(C)C(NC(=O)c1ccc(/C=C/C#Cc2ccc(CNC3CC3)cc2)cc1)C(=O)NO. The van der Waals surface area contributed by atoms with Gasteiger partial charge in [-0.2, -0.15) is 0 Å². The number of carbonyl (C=O) groups excluding carboxylic acids is 2. The van der Waals surface area contributed by atoms with E-state index in [0.29, 0.717) is 11.6 Å². The minimum absolute atomic E-state index is 0.363. The highest BCUT2D eigenvalue weighted by Crippen LogP contribution is 2.19.